The van der Waals surface area contributed by atoms with E-state index in [1.165, 1.54) is 18.5 Å². The molecular formula is C31H45FN6O5S. The molecule has 242 valence electrons. The number of aryl methyl sites for hydroxylation is 1. The van der Waals surface area contributed by atoms with E-state index in [2.05, 4.69) is 29.8 Å². The van der Waals surface area contributed by atoms with Crippen LogP contribution >= 0.6 is 0 Å². The molecule has 0 saturated carbocycles. The zero-order valence-electron chi connectivity index (χ0n) is 26.1. The summed E-state index contributed by atoms with van der Waals surface area (Å²) in [5, 5.41) is 2.84. The first-order chi connectivity index (χ1) is 21.0. The van der Waals surface area contributed by atoms with E-state index < -0.39 is 21.7 Å². The molecule has 11 nitrogen and oxygen atoms in total. The number of hydrogen-bond acceptors (Lipinski definition) is 9. The first kappa shape index (κ1) is 32.5. The molecule has 3 saturated heterocycles. The topological polar surface area (TPSA) is 126 Å². The van der Waals surface area contributed by atoms with E-state index in [1.807, 2.05) is 20.8 Å². The van der Waals surface area contributed by atoms with E-state index in [1.54, 1.807) is 13.1 Å². The van der Waals surface area contributed by atoms with Crippen LogP contribution in [0.5, 0.6) is 11.5 Å². The molecule has 2 atom stereocenters. The van der Waals surface area contributed by atoms with Crippen LogP contribution in [0.15, 0.2) is 24.7 Å². The number of piperidine rings is 1. The largest absolute Gasteiger partial charge is 0.451 e. The normalized spacial score (nSPS) is 22.2. The highest BCUT2D eigenvalue weighted by molar-refractivity contribution is 7.89. The zero-order valence-corrected chi connectivity index (χ0v) is 27.0. The van der Waals surface area contributed by atoms with Crippen molar-refractivity contribution in [2.45, 2.75) is 78.0 Å². The number of sulfonamides is 1. The fourth-order valence-corrected chi connectivity index (χ4v) is 7.24. The second-order valence-corrected chi connectivity index (χ2v) is 14.7. The zero-order chi connectivity index (χ0) is 31.5. The summed E-state index contributed by atoms with van der Waals surface area (Å²) in [6.07, 6.45) is 7.48. The van der Waals surface area contributed by atoms with E-state index in [-0.39, 0.29) is 34.9 Å². The second kappa shape index (κ2) is 13.6. The smallest absolute Gasteiger partial charge is 0.255 e. The Morgan fingerprint density at radius 1 is 1.20 bits per heavy atom. The fraction of sp³-hybridized carbons (Fsp3) is 0.645. The molecule has 0 radical (unpaired) electrons. The molecule has 1 spiro atoms. The molecule has 2 N–H and O–H groups in total. The Bertz CT molecular complexity index is 1420. The molecule has 5 rings (SSSR count). The monoisotopic (exact) mass is 632 g/mol. The van der Waals surface area contributed by atoms with Gasteiger partial charge in [-0.2, -0.15) is 0 Å². The minimum atomic E-state index is -3.22. The Labute approximate surface area is 260 Å². The van der Waals surface area contributed by atoms with E-state index in [9.17, 15) is 17.6 Å². The van der Waals surface area contributed by atoms with Crippen LogP contribution in [0.25, 0.3) is 0 Å². The minimum Gasteiger partial charge on any atom is -0.451 e. The van der Waals surface area contributed by atoms with Gasteiger partial charge in [0.25, 0.3) is 5.91 Å². The maximum atomic E-state index is 14.4. The first-order valence-corrected chi connectivity index (χ1v) is 17.3. The van der Waals surface area contributed by atoms with Gasteiger partial charge in [-0.1, -0.05) is 6.92 Å². The summed E-state index contributed by atoms with van der Waals surface area (Å²) in [5.74, 6) is 0.634. The highest BCUT2D eigenvalue weighted by Gasteiger charge is 2.46. The number of hydrogen-bond donors (Lipinski definition) is 2. The van der Waals surface area contributed by atoms with E-state index in [0.29, 0.717) is 35.9 Å². The lowest BCUT2D eigenvalue weighted by molar-refractivity contribution is -0.0299. The number of likely N-dealkylation sites (tertiary alicyclic amines) is 1. The molecule has 1 aromatic carbocycles. The second-order valence-electron chi connectivity index (χ2n) is 12.6. The number of nitrogens with zero attached hydrogens (tertiary/aromatic N) is 4. The van der Waals surface area contributed by atoms with Crippen LogP contribution in [0.2, 0.25) is 0 Å². The number of nitrogens with one attached hydrogen (secondary N) is 2. The predicted octanol–water partition coefficient (Wildman–Crippen LogP) is 3.50. The summed E-state index contributed by atoms with van der Waals surface area (Å²) >= 11 is 0. The number of halogens is 1. The minimum absolute atomic E-state index is 0.0809. The summed E-state index contributed by atoms with van der Waals surface area (Å²) in [5.41, 5.74) is 0.945. The van der Waals surface area contributed by atoms with Crippen LogP contribution in [0.3, 0.4) is 0 Å². The summed E-state index contributed by atoms with van der Waals surface area (Å²) in [4.78, 5) is 26.3. The lowest BCUT2D eigenvalue weighted by atomic mass is 9.72. The van der Waals surface area contributed by atoms with Gasteiger partial charge in [0.05, 0.1) is 30.2 Å². The van der Waals surface area contributed by atoms with E-state index in [0.717, 1.165) is 58.4 Å². The third-order valence-electron chi connectivity index (χ3n) is 8.87. The lowest BCUT2D eigenvalue weighted by Gasteiger charge is -2.54. The van der Waals surface area contributed by atoms with Gasteiger partial charge >= 0.3 is 0 Å². The molecule has 0 bridgehead atoms. The van der Waals surface area contributed by atoms with Crippen molar-refractivity contribution in [2.24, 2.45) is 5.41 Å². The van der Waals surface area contributed by atoms with Crippen molar-refractivity contribution in [3.05, 3.63) is 41.6 Å². The third kappa shape index (κ3) is 7.67. The van der Waals surface area contributed by atoms with Crippen LogP contribution in [0, 0.1) is 11.2 Å². The number of ether oxygens (including phenoxy) is 2. The SMILES string of the molecule is CCc1cc(F)cc(C(=O)NC(C)C)c1Oc1cncnc1N1CC2(CCN(C[C@@H]3CC[C@@H](NS(=O)(=O)CC)CO3)CC2)C1. The molecule has 4 heterocycles. The Balaban J connectivity index is 1.17. The number of benzene rings is 1. The molecule has 1 amide bonds. The number of anilines is 1. The van der Waals surface area contributed by atoms with E-state index in [4.69, 9.17) is 9.47 Å². The van der Waals surface area contributed by atoms with Gasteiger partial charge in [0.2, 0.25) is 10.0 Å². The Kier molecular flexibility index (Phi) is 10.1. The Hall–Kier alpha value is -2.87. The van der Waals surface area contributed by atoms with Gasteiger partial charge in [-0.15, -0.1) is 0 Å². The Morgan fingerprint density at radius 2 is 1.95 bits per heavy atom. The van der Waals surface area contributed by atoms with Crippen molar-refractivity contribution in [3.63, 3.8) is 0 Å². The Morgan fingerprint density at radius 3 is 2.59 bits per heavy atom. The van der Waals surface area contributed by atoms with Crippen LogP contribution in [0.1, 0.15) is 69.3 Å². The quantitative estimate of drug-likeness (QED) is 0.383. The molecule has 13 heteroatoms. The first-order valence-electron chi connectivity index (χ1n) is 15.7. The van der Waals surface area contributed by atoms with Gasteiger partial charge in [-0.05, 0) is 83.7 Å². The maximum absolute atomic E-state index is 14.4. The number of aromatic nitrogens is 2. The van der Waals surface area contributed by atoms with Gasteiger partial charge in [0.1, 0.15) is 17.9 Å². The third-order valence-corrected chi connectivity index (χ3v) is 10.3. The van der Waals surface area contributed by atoms with Crippen LogP contribution in [-0.2, 0) is 21.2 Å². The molecule has 3 aliphatic rings. The summed E-state index contributed by atoms with van der Waals surface area (Å²) in [7, 11) is -3.22. The average Bonchev–Trinajstić information content (AvgIpc) is 2.98. The van der Waals surface area contributed by atoms with E-state index >= 15 is 0 Å². The van der Waals surface area contributed by atoms with Crippen molar-refractivity contribution in [1.29, 1.82) is 0 Å². The predicted molar refractivity (Wildman–Crippen MR) is 166 cm³/mol. The number of amides is 1. The summed E-state index contributed by atoms with van der Waals surface area (Å²) < 4.78 is 53.3. The number of carbonyl (C=O) groups excluding carboxylic acids is 1. The van der Waals surface area contributed by atoms with Crippen molar-refractivity contribution in [1.82, 2.24) is 24.9 Å². The van der Waals surface area contributed by atoms with Crippen LogP contribution in [-0.4, -0.2) is 92.5 Å². The van der Waals surface area contributed by atoms with Gasteiger partial charge < -0.3 is 24.6 Å². The molecule has 0 aliphatic carbocycles. The standard InChI is InChI=1S/C31H45FN6O5S/c1-5-22-13-23(32)14-26(30(39)35-21(3)4)28(22)43-27-15-33-20-34-29(27)38-18-31(19-38)9-11-37(12-10-31)16-25-8-7-24(17-42-25)36-44(40,41)6-2/h13-15,20-21,24-25,36H,5-12,16-19H2,1-4H3,(H,35,39)/t24-,25+/m1/s1. The van der Waals surface area contributed by atoms with Crippen LogP contribution < -0.4 is 19.7 Å². The highest BCUT2D eigenvalue weighted by atomic mass is 32.2. The number of carbonyl (C=O) groups is 1. The molecule has 3 fully saturated rings. The fourth-order valence-electron chi connectivity index (χ4n) is 6.38. The van der Waals surface area contributed by atoms with Crippen molar-refractivity contribution in [2.75, 3.05) is 50.0 Å². The van der Waals surface area contributed by atoms with Crippen molar-refractivity contribution >= 4 is 21.7 Å². The summed E-state index contributed by atoms with van der Waals surface area (Å²) in [6, 6.07) is 2.37. The highest BCUT2D eigenvalue weighted by Crippen LogP contribution is 2.45. The van der Waals surface area contributed by atoms with Crippen LogP contribution in [0.4, 0.5) is 10.2 Å². The molecular weight excluding hydrogens is 587 g/mol. The summed E-state index contributed by atoms with van der Waals surface area (Å²) in [6.45, 7) is 12.2. The number of rotatable bonds is 11. The molecule has 3 aliphatic heterocycles. The average molecular weight is 633 g/mol. The van der Waals surface area contributed by atoms with Gasteiger partial charge in [0.15, 0.2) is 11.6 Å². The van der Waals surface area contributed by atoms with Gasteiger partial charge in [-0.25, -0.2) is 27.5 Å². The lowest BCUT2D eigenvalue weighted by Crippen LogP contribution is -2.61. The molecule has 44 heavy (non-hydrogen) atoms. The van der Waals surface area contributed by atoms with Crippen molar-refractivity contribution in [3.8, 4) is 11.5 Å². The molecule has 1 aromatic heterocycles. The van der Waals surface area contributed by atoms with Gasteiger partial charge in [0, 0.05) is 37.1 Å². The van der Waals surface area contributed by atoms with Gasteiger partial charge in [-0.3, -0.25) is 4.79 Å². The molecule has 0 unspecified atom stereocenters. The molecule has 2 aromatic rings. The maximum Gasteiger partial charge on any atom is 0.255 e. The van der Waals surface area contributed by atoms with Crippen molar-refractivity contribution < 1.29 is 27.1 Å².